The van der Waals surface area contributed by atoms with Crippen LogP contribution < -0.4 is 5.46 Å². The van der Waals surface area contributed by atoms with E-state index in [0.29, 0.717) is 12.8 Å². The number of hydrogen-bond donors (Lipinski definition) is 0. The summed E-state index contributed by atoms with van der Waals surface area (Å²) in [6.45, 7) is 0. The van der Waals surface area contributed by atoms with E-state index in [1.807, 2.05) is 30.3 Å². The van der Waals surface area contributed by atoms with Crippen LogP contribution in [-0.2, 0) is 14.1 Å². The van der Waals surface area contributed by atoms with Crippen molar-refractivity contribution in [3.05, 3.63) is 30.3 Å². The molecule has 1 aliphatic carbocycles. The number of rotatable bonds is 1. The highest BCUT2D eigenvalue weighted by molar-refractivity contribution is 6.61. The maximum atomic E-state index is 11.4. The molecule has 1 aromatic carbocycles. The summed E-state index contributed by atoms with van der Waals surface area (Å²) < 4.78 is 11.5. The Balaban J connectivity index is 1.78. The number of carbonyl (C=O) groups is 1. The summed E-state index contributed by atoms with van der Waals surface area (Å²) in [5.41, 5.74) is 1.03. The standard InChI is InChI=1S/C12H13BO3/c14-10-6-11-8-12(7-10)16-13(15-11)9-4-2-1-3-5-9/h1-5,11-12H,6-8H2/t11-,12?/m1/s1. The van der Waals surface area contributed by atoms with E-state index in [2.05, 4.69) is 0 Å². The van der Waals surface area contributed by atoms with Crippen molar-refractivity contribution in [3.63, 3.8) is 0 Å². The smallest absolute Gasteiger partial charge is 0.404 e. The minimum Gasteiger partial charge on any atom is -0.404 e. The summed E-state index contributed by atoms with van der Waals surface area (Å²) in [5.74, 6) is 0.257. The molecule has 2 atom stereocenters. The average molecular weight is 216 g/mol. The topological polar surface area (TPSA) is 35.5 Å². The molecule has 1 heterocycles. The van der Waals surface area contributed by atoms with E-state index in [9.17, 15) is 4.79 Å². The van der Waals surface area contributed by atoms with Crippen molar-refractivity contribution >= 4 is 18.4 Å². The van der Waals surface area contributed by atoms with Gasteiger partial charge in [0.25, 0.3) is 0 Å². The summed E-state index contributed by atoms with van der Waals surface area (Å²) in [6, 6.07) is 9.90. The van der Waals surface area contributed by atoms with Crippen LogP contribution in [0.3, 0.4) is 0 Å². The molecule has 0 aromatic heterocycles. The average Bonchev–Trinajstić information content (AvgIpc) is 2.28. The molecule has 1 saturated heterocycles. The molecule has 0 spiro atoms. The van der Waals surface area contributed by atoms with Gasteiger partial charge < -0.3 is 9.31 Å². The number of Topliss-reactive ketones (excluding diaryl/α,β-unsaturated/α-hetero) is 1. The minimum absolute atomic E-state index is 0.0465. The monoisotopic (exact) mass is 216 g/mol. The Hall–Kier alpha value is -1.13. The third-order valence-corrected chi connectivity index (χ3v) is 3.14. The van der Waals surface area contributed by atoms with E-state index >= 15 is 0 Å². The molecule has 0 amide bonds. The van der Waals surface area contributed by atoms with Crippen molar-refractivity contribution in [1.29, 1.82) is 0 Å². The Kier molecular flexibility index (Phi) is 2.54. The fraction of sp³-hybridized carbons (Fsp3) is 0.417. The predicted molar refractivity (Wildman–Crippen MR) is 60.4 cm³/mol. The van der Waals surface area contributed by atoms with Crippen molar-refractivity contribution in [2.75, 3.05) is 0 Å². The van der Waals surface area contributed by atoms with Crippen LogP contribution in [0.5, 0.6) is 0 Å². The van der Waals surface area contributed by atoms with Gasteiger partial charge in [0.1, 0.15) is 5.78 Å². The van der Waals surface area contributed by atoms with Crippen molar-refractivity contribution in [3.8, 4) is 0 Å². The number of carbonyl (C=O) groups excluding carboxylic acids is 1. The first-order valence-corrected chi connectivity index (χ1v) is 5.69. The van der Waals surface area contributed by atoms with Gasteiger partial charge in [0.15, 0.2) is 0 Å². The molecular formula is C12H13BO3. The highest BCUT2D eigenvalue weighted by atomic mass is 16.6. The molecule has 16 heavy (non-hydrogen) atoms. The Morgan fingerprint density at radius 1 is 1.06 bits per heavy atom. The lowest BCUT2D eigenvalue weighted by Gasteiger charge is -2.37. The first-order valence-electron chi connectivity index (χ1n) is 5.69. The maximum Gasteiger partial charge on any atom is 0.494 e. The molecule has 2 fully saturated rings. The quantitative estimate of drug-likeness (QED) is 0.654. The highest BCUT2D eigenvalue weighted by Gasteiger charge is 2.40. The molecule has 0 radical (unpaired) electrons. The van der Waals surface area contributed by atoms with Gasteiger partial charge in [-0.15, -0.1) is 0 Å². The molecule has 1 aliphatic heterocycles. The van der Waals surface area contributed by atoms with Gasteiger partial charge >= 0.3 is 7.12 Å². The van der Waals surface area contributed by atoms with Crippen LogP contribution in [0.2, 0.25) is 0 Å². The highest BCUT2D eigenvalue weighted by Crippen LogP contribution is 2.27. The summed E-state index contributed by atoms with van der Waals surface area (Å²) in [7, 11) is -0.293. The summed E-state index contributed by atoms with van der Waals surface area (Å²) in [6.07, 6.45) is 2.04. The van der Waals surface area contributed by atoms with Crippen LogP contribution in [-0.4, -0.2) is 25.1 Å². The molecule has 1 saturated carbocycles. The van der Waals surface area contributed by atoms with Gasteiger partial charge in [-0.3, -0.25) is 4.79 Å². The lowest BCUT2D eigenvalue weighted by molar-refractivity contribution is -0.129. The Labute approximate surface area is 94.9 Å². The molecular weight excluding hydrogens is 203 g/mol. The molecule has 0 N–H and O–H groups in total. The zero-order chi connectivity index (χ0) is 11.0. The predicted octanol–water partition coefficient (Wildman–Crippen LogP) is 0.919. The number of hydrogen-bond acceptors (Lipinski definition) is 3. The van der Waals surface area contributed by atoms with Gasteiger partial charge in [-0.1, -0.05) is 30.3 Å². The van der Waals surface area contributed by atoms with Crippen molar-refractivity contribution in [2.45, 2.75) is 31.5 Å². The second kappa shape index (κ2) is 4.03. The molecule has 1 aromatic rings. The van der Waals surface area contributed by atoms with Crippen LogP contribution >= 0.6 is 0 Å². The SMILES string of the molecule is O=C1CC2C[C@@H](C1)OB(c1ccccc1)O2. The lowest BCUT2D eigenvalue weighted by Crippen LogP contribution is -2.51. The molecule has 2 bridgehead atoms. The second-order valence-corrected chi connectivity index (χ2v) is 4.44. The Bertz CT molecular complexity index is 377. The summed E-state index contributed by atoms with van der Waals surface area (Å²) in [5, 5.41) is 0. The largest absolute Gasteiger partial charge is 0.494 e. The zero-order valence-corrected chi connectivity index (χ0v) is 8.96. The van der Waals surface area contributed by atoms with Crippen molar-refractivity contribution < 1.29 is 14.1 Å². The van der Waals surface area contributed by atoms with Crippen molar-refractivity contribution in [1.82, 2.24) is 0 Å². The normalized spacial score (nSPS) is 29.2. The molecule has 3 rings (SSSR count). The van der Waals surface area contributed by atoms with Gasteiger partial charge in [-0.05, 0) is 11.9 Å². The summed E-state index contributed by atoms with van der Waals surface area (Å²) >= 11 is 0. The van der Waals surface area contributed by atoms with E-state index in [1.54, 1.807) is 0 Å². The van der Waals surface area contributed by atoms with Crippen LogP contribution in [0.25, 0.3) is 0 Å². The minimum atomic E-state index is -0.293. The first kappa shape index (κ1) is 10.1. The molecule has 82 valence electrons. The van der Waals surface area contributed by atoms with Crippen LogP contribution in [0, 0.1) is 0 Å². The van der Waals surface area contributed by atoms with Gasteiger partial charge in [-0.25, -0.2) is 0 Å². The van der Waals surface area contributed by atoms with Crippen molar-refractivity contribution in [2.24, 2.45) is 0 Å². The van der Waals surface area contributed by atoms with Gasteiger partial charge in [0.2, 0.25) is 0 Å². The zero-order valence-electron chi connectivity index (χ0n) is 8.96. The first-order chi connectivity index (χ1) is 7.81. The van der Waals surface area contributed by atoms with E-state index in [4.69, 9.17) is 9.31 Å². The number of ketones is 1. The van der Waals surface area contributed by atoms with Crippen LogP contribution in [0.1, 0.15) is 19.3 Å². The third kappa shape index (κ3) is 1.90. The van der Waals surface area contributed by atoms with E-state index in [-0.39, 0.29) is 25.1 Å². The molecule has 4 heteroatoms. The summed E-state index contributed by atoms with van der Waals surface area (Å²) in [4.78, 5) is 11.4. The third-order valence-electron chi connectivity index (χ3n) is 3.14. The Morgan fingerprint density at radius 2 is 1.69 bits per heavy atom. The number of fused-ring (bicyclic) bond motifs is 2. The Morgan fingerprint density at radius 3 is 2.31 bits per heavy atom. The lowest BCUT2D eigenvalue weighted by atomic mass is 9.74. The van der Waals surface area contributed by atoms with Crippen LogP contribution in [0.4, 0.5) is 0 Å². The fourth-order valence-electron chi connectivity index (χ4n) is 2.41. The molecule has 2 aliphatic rings. The second-order valence-electron chi connectivity index (χ2n) is 4.44. The van der Waals surface area contributed by atoms with E-state index in [1.165, 1.54) is 0 Å². The van der Waals surface area contributed by atoms with Crippen LogP contribution in [0.15, 0.2) is 30.3 Å². The van der Waals surface area contributed by atoms with E-state index in [0.717, 1.165) is 11.9 Å². The van der Waals surface area contributed by atoms with Gasteiger partial charge in [-0.2, -0.15) is 0 Å². The maximum absolute atomic E-state index is 11.4. The fourth-order valence-corrected chi connectivity index (χ4v) is 2.41. The van der Waals surface area contributed by atoms with E-state index < -0.39 is 0 Å². The molecule has 3 nitrogen and oxygen atoms in total. The number of benzene rings is 1. The molecule has 1 unspecified atom stereocenters. The van der Waals surface area contributed by atoms with Gasteiger partial charge in [0, 0.05) is 12.8 Å². The van der Waals surface area contributed by atoms with Gasteiger partial charge in [0.05, 0.1) is 12.2 Å².